The van der Waals surface area contributed by atoms with Crippen LogP contribution in [0.1, 0.15) is 5.56 Å². The van der Waals surface area contributed by atoms with Crippen molar-refractivity contribution in [3.63, 3.8) is 0 Å². The van der Waals surface area contributed by atoms with Crippen molar-refractivity contribution in [3.8, 4) is 5.75 Å². The number of nitrogens with one attached hydrogen (secondary N) is 1. The van der Waals surface area contributed by atoms with Crippen LogP contribution < -0.4 is 14.4 Å². The summed E-state index contributed by atoms with van der Waals surface area (Å²) in [6, 6.07) is 11.1. The summed E-state index contributed by atoms with van der Waals surface area (Å²) in [7, 11) is -2.62. The first kappa shape index (κ1) is 24.3. The molecule has 174 valence electrons. The summed E-state index contributed by atoms with van der Waals surface area (Å²) in [5.41, 5.74) is 1.13. The molecule has 0 aromatic heterocycles. The molecule has 1 heterocycles. The van der Waals surface area contributed by atoms with Gasteiger partial charge in [0.25, 0.3) is 10.0 Å². The molecule has 1 aliphatic rings. The first-order valence-corrected chi connectivity index (χ1v) is 12.1. The number of halogens is 1. The molecule has 0 bridgehead atoms. The Labute approximate surface area is 194 Å². The second kappa shape index (κ2) is 11.0. The first-order chi connectivity index (χ1) is 15.3. The predicted molar refractivity (Wildman–Crippen MR) is 124 cm³/mol. The molecule has 0 atom stereocenters. The number of benzene rings is 2. The first-order valence-electron chi connectivity index (χ1n) is 10.3. The Kier molecular flexibility index (Phi) is 8.36. The minimum absolute atomic E-state index is 0.0752. The van der Waals surface area contributed by atoms with Crippen molar-refractivity contribution in [2.24, 2.45) is 0 Å². The second-order valence-electron chi connectivity index (χ2n) is 7.44. The Morgan fingerprint density at radius 1 is 1.19 bits per heavy atom. The molecule has 0 spiro atoms. The average Bonchev–Trinajstić information content (AvgIpc) is 2.78. The normalized spacial score (nSPS) is 14.7. The van der Waals surface area contributed by atoms with Gasteiger partial charge >= 0.3 is 0 Å². The molecule has 3 rings (SSSR count). The Morgan fingerprint density at radius 2 is 1.88 bits per heavy atom. The third kappa shape index (κ3) is 6.13. The van der Waals surface area contributed by atoms with Crippen LogP contribution in [0.5, 0.6) is 5.75 Å². The number of hydrogen-bond acceptors (Lipinski definition) is 6. The van der Waals surface area contributed by atoms with Gasteiger partial charge in [0.2, 0.25) is 5.91 Å². The summed E-state index contributed by atoms with van der Waals surface area (Å²) < 4.78 is 38.7. The summed E-state index contributed by atoms with van der Waals surface area (Å²) in [6.07, 6.45) is 0. The third-order valence-electron chi connectivity index (χ3n) is 5.16. The molecule has 32 heavy (non-hydrogen) atoms. The highest BCUT2D eigenvalue weighted by molar-refractivity contribution is 7.92. The van der Waals surface area contributed by atoms with Gasteiger partial charge in [0, 0.05) is 31.2 Å². The highest BCUT2D eigenvalue weighted by Gasteiger charge is 2.29. The van der Waals surface area contributed by atoms with Gasteiger partial charge in [-0.15, -0.1) is 0 Å². The standard InChI is InChI=1S/C22H28ClN3O5S/c1-17-3-6-19(7-4-17)32(28,29)26(20-15-18(23)5-8-21(20)30-2)16-22(27)24-9-10-25-11-13-31-14-12-25/h3-8,15H,9-14,16H2,1-2H3,(H,24,27). The topological polar surface area (TPSA) is 88.2 Å². The van der Waals surface area contributed by atoms with Crippen molar-refractivity contribution in [1.82, 2.24) is 10.2 Å². The van der Waals surface area contributed by atoms with E-state index >= 15 is 0 Å². The molecule has 1 amide bonds. The maximum absolute atomic E-state index is 13.5. The van der Waals surface area contributed by atoms with Gasteiger partial charge in [-0.1, -0.05) is 29.3 Å². The molecule has 2 aromatic rings. The van der Waals surface area contributed by atoms with E-state index in [-0.39, 0.29) is 10.6 Å². The maximum Gasteiger partial charge on any atom is 0.264 e. The number of amides is 1. The highest BCUT2D eigenvalue weighted by Crippen LogP contribution is 2.34. The van der Waals surface area contributed by atoms with Gasteiger partial charge in [0.05, 0.1) is 30.9 Å². The molecule has 10 heteroatoms. The van der Waals surface area contributed by atoms with E-state index in [1.54, 1.807) is 24.3 Å². The van der Waals surface area contributed by atoms with Gasteiger partial charge in [-0.25, -0.2) is 8.42 Å². The van der Waals surface area contributed by atoms with E-state index in [1.165, 1.54) is 25.3 Å². The van der Waals surface area contributed by atoms with Crippen LogP contribution in [-0.4, -0.2) is 72.3 Å². The van der Waals surface area contributed by atoms with Crippen molar-refractivity contribution >= 4 is 33.2 Å². The number of ether oxygens (including phenoxy) is 2. The molecule has 1 aliphatic heterocycles. The quantitative estimate of drug-likeness (QED) is 0.591. The van der Waals surface area contributed by atoms with Crippen LogP contribution in [-0.2, 0) is 19.6 Å². The number of morpholine rings is 1. The lowest BCUT2D eigenvalue weighted by Gasteiger charge is -2.27. The van der Waals surface area contributed by atoms with Crippen LogP contribution in [0, 0.1) is 6.92 Å². The number of anilines is 1. The third-order valence-corrected chi connectivity index (χ3v) is 7.17. The second-order valence-corrected chi connectivity index (χ2v) is 9.74. The molecule has 0 unspecified atom stereocenters. The van der Waals surface area contributed by atoms with Gasteiger partial charge in [-0.3, -0.25) is 14.0 Å². The Balaban J connectivity index is 1.83. The summed E-state index contributed by atoms with van der Waals surface area (Å²) in [5.74, 6) is -0.123. The molecule has 0 radical (unpaired) electrons. The zero-order valence-electron chi connectivity index (χ0n) is 18.2. The fourth-order valence-corrected chi connectivity index (χ4v) is 4.95. The van der Waals surface area contributed by atoms with Crippen molar-refractivity contribution in [1.29, 1.82) is 0 Å². The molecule has 1 fully saturated rings. The molecule has 1 saturated heterocycles. The molecule has 2 aromatic carbocycles. The smallest absolute Gasteiger partial charge is 0.264 e. The number of sulfonamides is 1. The number of rotatable bonds is 9. The van der Waals surface area contributed by atoms with E-state index in [9.17, 15) is 13.2 Å². The van der Waals surface area contributed by atoms with E-state index in [4.69, 9.17) is 21.1 Å². The monoisotopic (exact) mass is 481 g/mol. The van der Waals surface area contributed by atoms with Crippen molar-refractivity contribution in [2.45, 2.75) is 11.8 Å². The lowest BCUT2D eigenvalue weighted by Crippen LogP contribution is -2.45. The van der Waals surface area contributed by atoms with Gasteiger partial charge in [0.1, 0.15) is 12.3 Å². The summed E-state index contributed by atoms with van der Waals surface area (Å²) in [5, 5.41) is 3.14. The molecule has 0 saturated carbocycles. The van der Waals surface area contributed by atoms with Crippen molar-refractivity contribution < 1.29 is 22.7 Å². The average molecular weight is 482 g/mol. The number of methoxy groups -OCH3 is 1. The van der Waals surface area contributed by atoms with Crippen LogP contribution in [0.25, 0.3) is 0 Å². The lowest BCUT2D eigenvalue weighted by molar-refractivity contribution is -0.119. The number of hydrogen-bond donors (Lipinski definition) is 1. The Morgan fingerprint density at radius 3 is 2.53 bits per heavy atom. The fourth-order valence-electron chi connectivity index (χ4n) is 3.36. The minimum atomic E-state index is -4.05. The van der Waals surface area contributed by atoms with Crippen LogP contribution >= 0.6 is 11.6 Å². The number of carbonyl (C=O) groups is 1. The van der Waals surface area contributed by atoms with Crippen LogP contribution in [0.4, 0.5) is 5.69 Å². The predicted octanol–water partition coefficient (Wildman–Crippen LogP) is 2.30. The molecule has 1 N–H and O–H groups in total. The summed E-state index contributed by atoms with van der Waals surface area (Å²) in [4.78, 5) is 15.0. The fraction of sp³-hybridized carbons (Fsp3) is 0.409. The van der Waals surface area contributed by atoms with Gasteiger partial charge in [-0.2, -0.15) is 0 Å². The van der Waals surface area contributed by atoms with Crippen LogP contribution in [0.3, 0.4) is 0 Å². The molecule has 8 nitrogen and oxygen atoms in total. The maximum atomic E-state index is 13.5. The Hall–Kier alpha value is -2.33. The highest BCUT2D eigenvalue weighted by atomic mass is 35.5. The van der Waals surface area contributed by atoms with Gasteiger partial charge < -0.3 is 14.8 Å². The Bertz CT molecular complexity index is 1020. The zero-order valence-corrected chi connectivity index (χ0v) is 19.8. The van der Waals surface area contributed by atoms with Crippen LogP contribution in [0.2, 0.25) is 5.02 Å². The van der Waals surface area contributed by atoms with Crippen molar-refractivity contribution in [3.05, 3.63) is 53.1 Å². The number of carbonyl (C=O) groups excluding carboxylic acids is 1. The van der Waals surface area contributed by atoms with Crippen molar-refractivity contribution in [2.75, 3.05) is 57.4 Å². The van der Waals surface area contributed by atoms with E-state index < -0.39 is 22.5 Å². The summed E-state index contributed by atoms with van der Waals surface area (Å²) >= 11 is 6.15. The summed E-state index contributed by atoms with van der Waals surface area (Å²) in [6.45, 7) is 5.50. The van der Waals surface area contributed by atoms with Gasteiger partial charge in [-0.05, 0) is 37.3 Å². The van der Waals surface area contributed by atoms with E-state index in [0.29, 0.717) is 37.1 Å². The van der Waals surface area contributed by atoms with E-state index in [0.717, 1.165) is 23.0 Å². The van der Waals surface area contributed by atoms with Crippen LogP contribution in [0.15, 0.2) is 47.4 Å². The number of aryl methyl sites for hydroxylation is 1. The lowest BCUT2D eigenvalue weighted by atomic mass is 10.2. The molecular formula is C22H28ClN3O5S. The SMILES string of the molecule is COc1ccc(Cl)cc1N(CC(=O)NCCN1CCOCC1)S(=O)(=O)c1ccc(C)cc1. The number of nitrogens with zero attached hydrogens (tertiary/aromatic N) is 2. The van der Waals surface area contributed by atoms with E-state index in [2.05, 4.69) is 10.2 Å². The van der Waals surface area contributed by atoms with Gasteiger partial charge in [0.15, 0.2) is 0 Å². The largest absolute Gasteiger partial charge is 0.495 e. The van der Waals surface area contributed by atoms with E-state index in [1.807, 2.05) is 6.92 Å². The molecule has 0 aliphatic carbocycles. The minimum Gasteiger partial charge on any atom is -0.495 e. The molecular weight excluding hydrogens is 454 g/mol. The zero-order chi connectivity index (χ0) is 23.1.